The standard InChI is InChI=1S/C17H28N4O2/c1-14-18-6-9-21(14)12-15-4-7-20(8-5-15)13-17(22)19-11-16-3-2-10-23-16/h6,9,15-16H,2-5,7-8,10-13H2,1H3,(H,19,22)/t16-/m0/s1. The first-order valence-electron chi connectivity index (χ1n) is 8.79. The van der Waals surface area contributed by atoms with E-state index in [0.717, 1.165) is 57.7 Å². The van der Waals surface area contributed by atoms with Crippen LogP contribution in [0.2, 0.25) is 0 Å². The molecule has 0 aliphatic carbocycles. The van der Waals surface area contributed by atoms with Crippen LogP contribution in [0.5, 0.6) is 0 Å². The number of amides is 1. The third kappa shape index (κ3) is 4.78. The average molecular weight is 320 g/mol. The number of carbonyl (C=O) groups excluding carboxylic acids is 1. The molecule has 128 valence electrons. The van der Waals surface area contributed by atoms with Crippen LogP contribution in [0, 0.1) is 12.8 Å². The number of ether oxygens (including phenoxy) is 1. The normalized spacial score (nSPS) is 23.3. The first-order valence-corrected chi connectivity index (χ1v) is 8.79. The minimum absolute atomic E-state index is 0.129. The lowest BCUT2D eigenvalue weighted by Gasteiger charge is -2.31. The molecule has 6 nitrogen and oxygen atoms in total. The van der Waals surface area contributed by atoms with Crippen molar-refractivity contribution in [2.75, 3.05) is 32.8 Å². The second-order valence-electron chi connectivity index (χ2n) is 6.79. The van der Waals surface area contributed by atoms with Crippen molar-refractivity contribution >= 4 is 5.91 Å². The van der Waals surface area contributed by atoms with Crippen LogP contribution in [0.3, 0.4) is 0 Å². The van der Waals surface area contributed by atoms with Crippen molar-refractivity contribution in [3.8, 4) is 0 Å². The van der Waals surface area contributed by atoms with Crippen LogP contribution in [0.1, 0.15) is 31.5 Å². The van der Waals surface area contributed by atoms with E-state index in [0.29, 0.717) is 19.0 Å². The van der Waals surface area contributed by atoms with E-state index >= 15 is 0 Å². The Labute approximate surface area is 138 Å². The summed E-state index contributed by atoms with van der Waals surface area (Å²) in [4.78, 5) is 18.6. The Morgan fingerprint density at radius 3 is 2.87 bits per heavy atom. The number of hydrogen-bond acceptors (Lipinski definition) is 4. The van der Waals surface area contributed by atoms with Crippen LogP contribution in [-0.4, -0.2) is 59.2 Å². The first-order chi connectivity index (χ1) is 11.2. The third-order valence-electron chi connectivity index (χ3n) is 5.00. The summed E-state index contributed by atoms with van der Waals surface area (Å²) in [6, 6.07) is 0. The zero-order valence-corrected chi connectivity index (χ0v) is 14.0. The monoisotopic (exact) mass is 320 g/mol. The van der Waals surface area contributed by atoms with E-state index < -0.39 is 0 Å². The first kappa shape index (κ1) is 16.5. The lowest BCUT2D eigenvalue weighted by atomic mass is 9.96. The fraction of sp³-hybridized carbons (Fsp3) is 0.765. The summed E-state index contributed by atoms with van der Waals surface area (Å²) >= 11 is 0. The van der Waals surface area contributed by atoms with E-state index in [1.807, 2.05) is 13.1 Å². The molecular weight excluding hydrogens is 292 g/mol. The number of nitrogens with zero attached hydrogens (tertiary/aromatic N) is 3. The predicted octanol–water partition coefficient (Wildman–Crippen LogP) is 1.20. The number of nitrogens with one attached hydrogen (secondary N) is 1. The second-order valence-corrected chi connectivity index (χ2v) is 6.79. The highest BCUT2D eigenvalue weighted by Crippen LogP contribution is 2.19. The van der Waals surface area contributed by atoms with Gasteiger partial charge in [0, 0.05) is 32.1 Å². The highest BCUT2D eigenvalue weighted by molar-refractivity contribution is 5.78. The van der Waals surface area contributed by atoms with Crippen molar-refractivity contribution in [2.45, 2.75) is 45.3 Å². The Bertz CT molecular complexity index is 502. The van der Waals surface area contributed by atoms with Crippen molar-refractivity contribution in [3.63, 3.8) is 0 Å². The van der Waals surface area contributed by atoms with E-state index in [-0.39, 0.29) is 12.0 Å². The summed E-state index contributed by atoms with van der Waals surface area (Å²) in [6.45, 7) is 7.12. The van der Waals surface area contributed by atoms with E-state index in [2.05, 4.69) is 26.0 Å². The Kier molecular flexibility index (Phi) is 5.67. The lowest BCUT2D eigenvalue weighted by molar-refractivity contribution is -0.123. The summed E-state index contributed by atoms with van der Waals surface area (Å²) in [7, 11) is 0. The summed E-state index contributed by atoms with van der Waals surface area (Å²) in [6.07, 6.45) is 8.63. The molecule has 2 aliphatic heterocycles. The van der Waals surface area contributed by atoms with Gasteiger partial charge >= 0.3 is 0 Å². The molecule has 3 heterocycles. The molecule has 1 N–H and O–H groups in total. The van der Waals surface area contributed by atoms with Gasteiger partial charge in [-0.25, -0.2) is 4.98 Å². The molecule has 2 fully saturated rings. The largest absolute Gasteiger partial charge is 0.376 e. The van der Waals surface area contributed by atoms with Gasteiger partial charge in [0.05, 0.1) is 12.6 Å². The molecular formula is C17H28N4O2. The third-order valence-corrected chi connectivity index (χ3v) is 5.00. The van der Waals surface area contributed by atoms with Crippen molar-refractivity contribution in [1.82, 2.24) is 19.8 Å². The summed E-state index contributed by atoms with van der Waals surface area (Å²) < 4.78 is 7.76. The molecule has 1 atom stereocenters. The van der Waals surface area contributed by atoms with E-state index in [4.69, 9.17) is 4.74 Å². The van der Waals surface area contributed by atoms with Crippen LogP contribution >= 0.6 is 0 Å². The molecule has 0 radical (unpaired) electrons. The molecule has 1 aromatic rings. The molecule has 6 heteroatoms. The highest BCUT2D eigenvalue weighted by Gasteiger charge is 2.22. The van der Waals surface area contributed by atoms with Crippen LogP contribution in [0.25, 0.3) is 0 Å². The Morgan fingerprint density at radius 2 is 2.22 bits per heavy atom. The van der Waals surface area contributed by atoms with Crippen molar-refractivity contribution in [1.29, 1.82) is 0 Å². The van der Waals surface area contributed by atoms with Crippen LogP contribution in [-0.2, 0) is 16.1 Å². The predicted molar refractivity (Wildman–Crippen MR) is 88.1 cm³/mol. The van der Waals surface area contributed by atoms with Gasteiger partial charge in [0.2, 0.25) is 5.91 Å². The van der Waals surface area contributed by atoms with Gasteiger partial charge in [0.15, 0.2) is 0 Å². The Hall–Kier alpha value is -1.40. The fourth-order valence-electron chi connectivity index (χ4n) is 3.49. The zero-order valence-electron chi connectivity index (χ0n) is 14.0. The molecule has 0 aromatic carbocycles. The van der Waals surface area contributed by atoms with Gasteiger partial charge in [0.25, 0.3) is 0 Å². The fourth-order valence-corrected chi connectivity index (χ4v) is 3.49. The van der Waals surface area contributed by atoms with Gasteiger partial charge < -0.3 is 14.6 Å². The van der Waals surface area contributed by atoms with Gasteiger partial charge in [-0.05, 0) is 51.6 Å². The van der Waals surface area contributed by atoms with Gasteiger partial charge in [-0.1, -0.05) is 0 Å². The maximum Gasteiger partial charge on any atom is 0.234 e. The topological polar surface area (TPSA) is 59.4 Å². The molecule has 0 saturated carbocycles. The number of piperidine rings is 1. The maximum atomic E-state index is 12.0. The quantitative estimate of drug-likeness (QED) is 0.856. The average Bonchev–Trinajstić information content (AvgIpc) is 3.20. The SMILES string of the molecule is Cc1nccn1CC1CCN(CC(=O)NC[C@@H]2CCCO2)CC1. The number of aryl methyl sites for hydroxylation is 1. The van der Waals surface area contributed by atoms with Crippen LogP contribution < -0.4 is 5.32 Å². The van der Waals surface area contributed by atoms with Crippen LogP contribution in [0.4, 0.5) is 0 Å². The molecule has 1 amide bonds. The Morgan fingerprint density at radius 1 is 1.39 bits per heavy atom. The van der Waals surface area contributed by atoms with E-state index in [1.54, 1.807) is 0 Å². The van der Waals surface area contributed by atoms with Gasteiger partial charge in [-0.2, -0.15) is 0 Å². The lowest BCUT2D eigenvalue weighted by Crippen LogP contribution is -2.43. The van der Waals surface area contributed by atoms with E-state index in [9.17, 15) is 4.79 Å². The molecule has 0 unspecified atom stereocenters. The Balaban J connectivity index is 1.34. The van der Waals surface area contributed by atoms with Gasteiger partial charge in [0.1, 0.15) is 5.82 Å². The molecule has 2 aliphatic rings. The molecule has 1 aromatic heterocycles. The molecule has 0 spiro atoms. The summed E-state index contributed by atoms with van der Waals surface area (Å²) in [5.74, 6) is 1.90. The number of carbonyl (C=O) groups is 1. The smallest absolute Gasteiger partial charge is 0.234 e. The minimum Gasteiger partial charge on any atom is -0.376 e. The zero-order chi connectivity index (χ0) is 16.1. The van der Waals surface area contributed by atoms with Crippen LogP contribution in [0.15, 0.2) is 12.4 Å². The number of hydrogen-bond donors (Lipinski definition) is 1. The maximum absolute atomic E-state index is 12.0. The number of aromatic nitrogens is 2. The summed E-state index contributed by atoms with van der Waals surface area (Å²) in [5.41, 5.74) is 0. The number of rotatable bonds is 6. The van der Waals surface area contributed by atoms with Gasteiger partial charge in [-0.3, -0.25) is 9.69 Å². The highest BCUT2D eigenvalue weighted by atomic mass is 16.5. The van der Waals surface area contributed by atoms with Gasteiger partial charge in [-0.15, -0.1) is 0 Å². The molecule has 3 rings (SSSR count). The van der Waals surface area contributed by atoms with Crippen molar-refractivity contribution < 1.29 is 9.53 Å². The van der Waals surface area contributed by atoms with Crippen molar-refractivity contribution in [3.05, 3.63) is 18.2 Å². The molecule has 0 bridgehead atoms. The number of imidazole rings is 1. The van der Waals surface area contributed by atoms with Crippen molar-refractivity contribution in [2.24, 2.45) is 5.92 Å². The van der Waals surface area contributed by atoms with E-state index in [1.165, 1.54) is 0 Å². The minimum atomic E-state index is 0.129. The second kappa shape index (κ2) is 7.93. The number of likely N-dealkylation sites (tertiary alicyclic amines) is 1. The molecule has 23 heavy (non-hydrogen) atoms. The molecule has 2 saturated heterocycles. The summed E-state index contributed by atoms with van der Waals surface area (Å²) in [5, 5.41) is 3.01.